The van der Waals surface area contributed by atoms with Crippen LogP contribution in [0.15, 0.2) is 187 Å². The van der Waals surface area contributed by atoms with Gasteiger partial charge in [-0.3, -0.25) is 9.97 Å². The van der Waals surface area contributed by atoms with Crippen molar-refractivity contribution in [2.24, 2.45) is 0 Å². The number of rotatable bonds is 6. The molecule has 0 spiro atoms. The van der Waals surface area contributed by atoms with Crippen LogP contribution in [0.3, 0.4) is 0 Å². The quantitative estimate of drug-likeness (QED) is 0.175. The maximum absolute atomic E-state index is 6.29. The smallest absolute Gasteiger partial charge is 0.160 e. The Morgan fingerprint density at radius 3 is 1.92 bits per heavy atom. The first-order valence-electron chi connectivity index (χ1n) is 17.6. The van der Waals surface area contributed by atoms with Crippen LogP contribution >= 0.6 is 0 Å². The molecule has 0 aliphatic carbocycles. The Bertz CT molecular complexity index is 2930. The molecule has 5 heteroatoms. The number of aromatic nitrogens is 4. The first-order chi connectivity index (χ1) is 26.2. The van der Waals surface area contributed by atoms with Gasteiger partial charge in [0.25, 0.3) is 0 Å². The average molecular weight is 679 g/mol. The maximum Gasteiger partial charge on any atom is 0.160 e. The summed E-state index contributed by atoms with van der Waals surface area (Å²) in [6.45, 7) is 0. The predicted octanol–water partition coefficient (Wildman–Crippen LogP) is 12.3. The van der Waals surface area contributed by atoms with E-state index in [-0.39, 0.29) is 0 Å². The minimum absolute atomic E-state index is 0.656. The van der Waals surface area contributed by atoms with E-state index in [2.05, 4.69) is 102 Å². The van der Waals surface area contributed by atoms with Crippen LogP contribution in [0.1, 0.15) is 0 Å². The Hall–Kier alpha value is -7.24. The molecule has 0 aliphatic rings. The summed E-state index contributed by atoms with van der Waals surface area (Å²) in [5.41, 5.74) is 13.8. The molecule has 4 heterocycles. The highest BCUT2D eigenvalue weighted by Crippen LogP contribution is 2.40. The fourth-order valence-electron chi connectivity index (χ4n) is 7.27. The highest BCUT2D eigenvalue weighted by molar-refractivity contribution is 6.12. The molecule has 0 atom stereocenters. The van der Waals surface area contributed by atoms with Crippen molar-refractivity contribution < 1.29 is 4.42 Å². The largest absolute Gasteiger partial charge is 0.456 e. The molecule has 10 rings (SSSR count). The molecule has 6 aromatic carbocycles. The van der Waals surface area contributed by atoms with Crippen LogP contribution in [-0.2, 0) is 0 Å². The molecule has 4 aromatic heterocycles. The van der Waals surface area contributed by atoms with Crippen LogP contribution in [0.5, 0.6) is 0 Å². The first-order valence-corrected chi connectivity index (χ1v) is 17.6. The number of hydrogen-bond donors (Lipinski definition) is 0. The van der Waals surface area contributed by atoms with Crippen LogP contribution < -0.4 is 0 Å². The molecule has 248 valence electrons. The first kappa shape index (κ1) is 30.6. The summed E-state index contributed by atoms with van der Waals surface area (Å²) in [7, 11) is 0. The van der Waals surface area contributed by atoms with Gasteiger partial charge < -0.3 is 4.42 Å². The second-order valence-corrected chi connectivity index (χ2v) is 13.1. The number of para-hydroxylation sites is 2. The Balaban J connectivity index is 1.21. The molecule has 53 heavy (non-hydrogen) atoms. The summed E-state index contributed by atoms with van der Waals surface area (Å²) in [5, 5.41) is 3.19. The van der Waals surface area contributed by atoms with Gasteiger partial charge in [0, 0.05) is 57.0 Å². The Kier molecular flexibility index (Phi) is 7.40. The molecule has 0 amide bonds. The molecule has 0 unspecified atom stereocenters. The molecule has 0 saturated carbocycles. The zero-order valence-electron chi connectivity index (χ0n) is 28.5. The molecule has 5 nitrogen and oxygen atoms in total. The molecule has 10 aromatic rings. The average Bonchev–Trinajstić information content (AvgIpc) is 3.63. The third-order valence-corrected chi connectivity index (χ3v) is 9.84. The van der Waals surface area contributed by atoms with Crippen molar-refractivity contribution in [2.45, 2.75) is 0 Å². The Morgan fingerprint density at radius 1 is 0.396 bits per heavy atom. The van der Waals surface area contributed by atoms with E-state index in [1.54, 1.807) is 0 Å². The minimum atomic E-state index is 0.656. The van der Waals surface area contributed by atoms with Crippen LogP contribution in [-0.4, -0.2) is 19.9 Å². The topological polar surface area (TPSA) is 64.7 Å². The normalized spacial score (nSPS) is 11.4. The third-order valence-electron chi connectivity index (χ3n) is 9.84. The molecule has 0 fully saturated rings. The molecule has 0 N–H and O–H groups in total. The van der Waals surface area contributed by atoms with Gasteiger partial charge in [-0.25, -0.2) is 9.97 Å². The minimum Gasteiger partial charge on any atom is -0.456 e. The van der Waals surface area contributed by atoms with Crippen LogP contribution in [0.25, 0.3) is 100 Å². The lowest BCUT2D eigenvalue weighted by molar-refractivity contribution is 0.669. The molecule has 0 aliphatic heterocycles. The molecular formula is C48H30N4O. The summed E-state index contributed by atoms with van der Waals surface area (Å²) in [6.07, 6.45) is 5.51. The molecule has 0 bridgehead atoms. The van der Waals surface area contributed by atoms with Gasteiger partial charge in [0.05, 0.1) is 16.9 Å². The van der Waals surface area contributed by atoms with Gasteiger partial charge in [-0.15, -0.1) is 0 Å². The third kappa shape index (κ3) is 5.61. The second-order valence-electron chi connectivity index (χ2n) is 13.1. The van der Waals surface area contributed by atoms with Crippen LogP contribution in [0.4, 0.5) is 0 Å². The number of nitrogens with zero attached hydrogens (tertiary/aromatic N) is 4. The molecule has 0 saturated heterocycles. The van der Waals surface area contributed by atoms with Crippen molar-refractivity contribution in [2.75, 3.05) is 0 Å². The lowest BCUT2D eigenvalue weighted by Gasteiger charge is -2.14. The van der Waals surface area contributed by atoms with Crippen LogP contribution in [0, 0.1) is 0 Å². The molecular weight excluding hydrogens is 649 g/mol. The van der Waals surface area contributed by atoms with E-state index in [1.165, 1.54) is 0 Å². The van der Waals surface area contributed by atoms with Crippen molar-refractivity contribution in [1.82, 2.24) is 19.9 Å². The van der Waals surface area contributed by atoms with Crippen molar-refractivity contribution >= 4 is 32.8 Å². The predicted molar refractivity (Wildman–Crippen MR) is 215 cm³/mol. The van der Waals surface area contributed by atoms with E-state index in [4.69, 9.17) is 19.4 Å². The lowest BCUT2D eigenvalue weighted by atomic mass is 9.92. The highest BCUT2D eigenvalue weighted by atomic mass is 16.3. The van der Waals surface area contributed by atoms with E-state index in [0.29, 0.717) is 5.82 Å². The second kappa shape index (κ2) is 12.8. The summed E-state index contributed by atoms with van der Waals surface area (Å²) < 4.78 is 6.29. The van der Waals surface area contributed by atoms with Crippen molar-refractivity contribution in [3.05, 3.63) is 182 Å². The zero-order valence-corrected chi connectivity index (χ0v) is 28.5. The van der Waals surface area contributed by atoms with Crippen molar-refractivity contribution in [1.29, 1.82) is 0 Å². The van der Waals surface area contributed by atoms with Crippen molar-refractivity contribution in [3.8, 4) is 67.3 Å². The van der Waals surface area contributed by atoms with E-state index >= 15 is 0 Å². The summed E-state index contributed by atoms with van der Waals surface area (Å²) in [5.74, 6) is 0.656. The van der Waals surface area contributed by atoms with Gasteiger partial charge in [0.15, 0.2) is 5.82 Å². The van der Waals surface area contributed by atoms with Gasteiger partial charge in [-0.2, -0.15) is 0 Å². The van der Waals surface area contributed by atoms with E-state index in [9.17, 15) is 0 Å². The fourth-order valence-corrected chi connectivity index (χ4v) is 7.27. The number of hydrogen-bond acceptors (Lipinski definition) is 5. The van der Waals surface area contributed by atoms with Crippen LogP contribution in [0.2, 0.25) is 0 Å². The number of benzene rings is 6. The lowest BCUT2D eigenvalue weighted by Crippen LogP contribution is -1.97. The Morgan fingerprint density at radius 2 is 1.06 bits per heavy atom. The summed E-state index contributed by atoms with van der Waals surface area (Å²) >= 11 is 0. The standard InChI is InChI=1S/C48H30N4O/c1-2-9-35(10-3-1)48-51-42(30-43(52-48)40-15-7-17-45-46(40)41-13-4-5-16-44(41)53-45)38-28-36(32-20-18-31(19-21-32)33-22-25-49-26-23-33)27-37(29-38)39-14-6-11-34-12-8-24-50-47(34)39/h1-30H. The van der Waals surface area contributed by atoms with E-state index < -0.39 is 0 Å². The SMILES string of the molecule is c1ccc(-c2nc(-c3cc(-c4ccc(-c5ccncc5)cc4)cc(-c4cccc5cccnc45)c3)cc(-c3cccc4oc5ccccc5c34)n2)cc1. The van der Waals surface area contributed by atoms with Crippen molar-refractivity contribution in [3.63, 3.8) is 0 Å². The number of fused-ring (bicyclic) bond motifs is 4. The van der Waals surface area contributed by atoms with Gasteiger partial charge in [0.2, 0.25) is 0 Å². The van der Waals surface area contributed by atoms with E-state index in [0.717, 1.165) is 94.3 Å². The zero-order chi connectivity index (χ0) is 35.1. The summed E-state index contributed by atoms with van der Waals surface area (Å²) in [4.78, 5) is 19.5. The monoisotopic (exact) mass is 678 g/mol. The summed E-state index contributed by atoms with van der Waals surface area (Å²) in [6, 6.07) is 56.6. The molecule has 0 radical (unpaired) electrons. The van der Waals surface area contributed by atoms with E-state index in [1.807, 2.05) is 85.3 Å². The van der Waals surface area contributed by atoms with Gasteiger partial charge in [-0.05, 0) is 82.4 Å². The number of pyridine rings is 2. The van der Waals surface area contributed by atoms with Gasteiger partial charge in [-0.1, -0.05) is 109 Å². The highest BCUT2D eigenvalue weighted by Gasteiger charge is 2.18. The number of furan rings is 1. The van der Waals surface area contributed by atoms with Gasteiger partial charge >= 0.3 is 0 Å². The van der Waals surface area contributed by atoms with Gasteiger partial charge in [0.1, 0.15) is 11.2 Å². The fraction of sp³-hybridized carbons (Fsp3) is 0. The maximum atomic E-state index is 6.29. The Labute approximate surface area is 305 Å².